The van der Waals surface area contributed by atoms with Crippen LogP contribution < -0.4 is 5.32 Å². The van der Waals surface area contributed by atoms with Crippen LogP contribution in [0.2, 0.25) is 0 Å². The van der Waals surface area contributed by atoms with Crippen LogP contribution in [-0.4, -0.2) is 32.7 Å². The predicted molar refractivity (Wildman–Crippen MR) is 109 cm³/mol. The Morgan fingerprint density at radius 2 is 2.27 bits per heavy atom. The first kappa shape index (κ1) is 18.8. The molecule has 2 heterocycles. The number of aryl methyl sites for hydroxylation is 1. The van der Waals surface area contributed by atoms with Crippen molar-refractivity contribution in [2.75, 3.05) is 11.9 Å². The summed E-state index contributed by atoms with van der Waals surface area (Å²) >= 11 is 9.92. The zero-order valence-corrected chi connectivity index (χ0v) is 16.9. The second kappa shape index (κ2) is 8.15. The van der Waals surface area contributed by atoms with Gasteiger partial charge in [-0.2, -0.15) is 0 Å². The van der Waals surface area contributed by atoms with Crippen LogP contribution in [0.4, 0.5) is 5.82 Å². The number of thioether (sulfide) groups is 1. The minimum Gasteiger partial charge on any atom is -0.360 e. The Hall–Kier alpha value is -1.97. The summed E-state index contributed by atoms with van der Waals surface area (Å²) in [6.45, 7) is 1.95. The Morgan fingerprint density at radius 1 is 1.46 bits per heavy atom. The van der Waals surface area contributed by atoms with Crippen molar-refractivity contribution < 1.29 is 14.1 Å². The fraction of sp³-hybridized carbons (Fsp3) is 0.176. The summed E-state index contributed by atoms with van der Waals surface area (Å²) in [7, 11) is 0. The molecule has 2 aromatic rings. The minimum absolute atomic E-state index is 0.114. The van der Waals surface area contributed by atoms with E-state index in [2.05, 4.69) is 26.4 Å². The average molecular weight is 452 g/mol. The maximum absolute atomic E-state index is 12.6. The van der Waals surface area contributed by atoms with Gasteiger partial charge in [-0.15, -0.1) is 0 Å². The van der Waals surface area contributed by atoms with E-state index in [-0.39, 0.29) is 24.8 Å². The summed E-state index contributed by atoms with van der Waals surface area (Å²) in [5.41, 5.74) is 0.902. The van der Waals surface area contributed by atoms with Gasteiger partial charge in [-0.1, -0.05) is 57.2 Å². The van der Waals surface area contributed by atoms with Crippen LogP contribution in [0.25, 0.3) is 6.08 Å². The molecule has 0 radical (unpaired) electrons. The van der Waals surface area contributed by atoms with E-state index in [1.54, 1.807) is 19.1 Å². The molecule has 1 aliphatic heterocycles. The first-order valence-electron chi connectivity index (χ1n) is 7.66. The Bertz CT molecular complexity index is 910. The standard InChI is InChI=1S/C17H14BrN3O3S2/c1-10-7-14(20-24-10)19-15(22)5-6-21-16(23)13(26-17(21)25)9-11-3-2-4-12(18)8-11/h2-4,7-9H,5-6H2,1H3,(H,19,20,22)/b13-9+. The fourth-order valence-electron chi connectivity index (χ4n) is 2.28. The number of thiocarbonyl (C=S) groups is 1. The third-order valence-electron chi connectivity index (χ3n) is 3.48. The lowest BCUT2D eigenvalue weighted by atomic mass is 10.2. The molecule has 0 bridgehead atoms. The number of rotatable bonds is 5. The van der Waals surface area contributed by atoms with E-state index in [4.69, 9.17) is 16.7 Å². The van der Waals surface area contributed by atoms with Gasteiger partial charge >= 0.3 is 0 Å². The molecule has 1 N–H and O–H groups in total. The minimum atomic E-state index is -0.261. The molecule has 6 nitrogen and oxygen atoms in total. The first-order valence-corrected chi connectivity index (χ1v) is 9.68. The molecule has 9 heteroatoms. The lowest BCUT2D eigenvalue weighted by Crippen LogP contribution is -2.31. The SMILES string of the molecule is Cc1cc(NC(=O)CCN2C(=O)/C(=C\c3cccc(Br)c3)SC2=S)no1. The lowest BCUT2D eigenvalue weighted by Gasteiger charge is -2.13. The van der Waals surface area contributed by atoms with Crippen LogP contribution in [0.15, 0.2) is 44.2 Å². The van der Waals surface area contributed by atoms with E-state index in [1.807, 2.05) is 24.3 Å². The summed E-state index contributed by atoms with van der Waals surface area (Å²) in [5.74, 6) is 0.510. The van der Waals surface area contributed by atoms with Gasteiger partial charge in [0.2, 0.25) is 5.91 Å². The van der Waals surface area contributed by atoms with Crippen molar-refractivity contribution in [3.8, 4) is 0 Å². The molecule has 1 aromatic carbocycles. The topological polar surface area (TPSA) is 75.4 Å². The van der Waals surface area contributed by atoms with E-state index in [9.17, 15) is 9.59 Å². The summed E-state index contributed by atoms with van der Waals surface area (Å²) in [6, 6.07) is 9.26. The molecule has 1 aliphatic rings. The quantitative estimate of drug-likeness (QED) is 0.547. The molecule has 26 heavy (non-hydrogen) atoms. The molecule has 0 unspecified atom stereocenters. The predicted octanol–water partition coefficient (Wildman–Crippen LogP) is 3.98. The van der Waals surface area contributed by atoms with E-state index in [0.717, 1.165) is 10.0 Å². The van der Waals surface area contributed by atoms with Gasteiger partial charge in [0.25, 0.3) is 5.91 Å². The molecule has 0 saturated carbocycles. The third kappa shape index (κ3) is 4.60. The maximum Gasteiger partial charge on any atom is 0.266 e. The highest BCUT2D eigenvalue weighted by Gasteiger charge is 2.32. The van der Waals surface area contributed by atoms with Gasteiger partial charge in [0.05, 0.1) is 4.91 Å². The second-order valence-corrected chi connectivity index (χ2v) is 8.10. The molecule has 0 spiro atoms. The van der Waals surface area contributed by atoms with Crippen LogP contribution in [0.1, 0.15) is 17.7 Å². The van der Waals surface area contributed by atoms with Crippen molar-refractivity contribution in [3.05, 3.63) is 51.0 Å². The Morgan fingerprint density at radius 3 is 2.96 bits per heavy atom. The van der Waals surface area contributed by atoms with Crippen molar-refractivity contribution in [1.29, 1.82) is 0 Å². The number of benzene rings is 1. The van der Waals surface area contributed by atoms with Gasteiger partial charge in [0.15, 0.2) is 5.82 Å². The van der Waals surface area contributed by atoms with E-state index >= 15 is 0 Å². The van der Waals surface area contributed by atoms with Crippen molar-refractivity contribution >= 4 is 67.9 Å². The average Bonchev–Trinajstić information content (AvgIpc) is 3.09. The number of aromatic nitrogens is 1. The summed E-state index contributed by atoms with van der Waals surface area (Å²) in [5, 5.41) is 6.32. The van der Waals surface area contributed by atoms with Crippen LogP contribution in [-0.2, 0) is 9.59 Å². The summed E-state index contributed by atoms with van der Waals surface area (Å²) in [4.78, 5) is 26.5. The highest BCUT2D eigenvalue weighted by Crippen LogP contribution is 2.32. The van der Waals surface area contributed by atoms with E-state index in [1.165, 1.54) is 16.7 Å². The Balaban J connectivity index is 1.61. The maximum atomic E-state index is 12.6. The van der Waals surface area contributed by atoms with Gasteiger partial charge in [0, 0.05) is 23.5 Å². The number of carbonyl (C=O) groups excluding carboxylic acids is 2. The Kier molecular flexibility index (Phi) is 5.90. The van der Waals surface area contributed by atoms with Crippen molar-refractivity contribution in [2.45, 2.75) is 13.3 Å². The number of anilines is 1. The van der Waals surface area contributed by atoms with Gasteiger partial charge in [-0.25, -0.2) is 0 Å². The normalized spacial score (nSPS) is 15.8. The lowest BCUT2D eigenvalue weighted by molar-refractivity contribution is -0.122. The molecular weight excluding hydrogens is 438 g/mol. The molecule has 0 atom stereocenters. The zero-order valence-electron chi connectivity index (χ0n) is 13.7. The number of hydrogen-bond acceptors (Lipinski definition) is 6. The first-order chi connectivity index (χ1) is 12.4. The number of halogens is 1. The van der Waals surface area contributed by atoms with Gasteiger partial charge in [-0.3, -0.25) is 14.5 Å². The molecule has 1 saturated heterocycles. The molecule has 1 aromatic heterocycles. The molecular formula is C17H14BrN3O3S2. The summed E-state index contributed by atoms with van der Waals surface area (Å²) in [6.07, 6.45) is 1.91. The number of amides is 2. The molecule has 3 rings (SSSR count). The molecule has 2 amide bonds. The fourth-order valence-corrected chi connectivity index (χ4v) is 4.01. The number of nitrogens with zero attached hydrogens (tertiary/aromatic N) is 2. The molecule has 1 fully saturated rings. The van der Waals surface area contributed by atoms with E-state index in [0.29, 0.717) is 20.8 Å². The van der Waals surface area contributed by atoms with Crippen LogP contribution >= 0.6 is 39.9 Å². The van der Waals surface area contributed by atoms with Crippen LogP contribution in [0, 0.1) is 6.92 Å². The van der Waals surface area contributed by atoms with Gasteiger partial charge < -0.3 is 9.84 Å². The van der Waals surface area contributed by atoms with Crippen LogP contribution in [0.5, 0.6) is 0 Å². The highest BCUT2D eigenvalue weighted by atomic mass is 79.9. The highest BCUT2D eigenvalue weighted by molar-refractivity contribution is 9.10. The largest absolute Gasteiger partial charge is 0.360 e. The van der Waals surface area contributed by atoms with Crippen LogP contribution in [0.3, 0.4) is 0 Å². The number of hydrogen-bond donors (Lipinski definition) is 1. The number of nitrogens with one attached hydrogen (secondary N) is 1. The third-order valence-corrected chi connectivity index (χ3v) is 5.35. The summed E-state index contributed by atoms with van der Waals surface area (Å²) < 4.78 is 6.27. The van der Waals surface area contributed by atoms with Crippen molar-refractivity contribution in [3.63, 3.8) is 0 Å². The van der Waals surface area contributed by atoms with Crippen molar-refractivity contribution in [1.82, 2.24) is 10.1 Å². The van der Waals surface area contributed by atoms with Crippen molar-refractivity contribution in [2.24, 2.45) is 0 Å². The molecule has 0 aliphatic carbocycles. The monoisotopic (exact) mass is 451 g/mol. The zero-order chi connectivity index (χ0) is 18.7. The van der Waals surface area contributed by atoms with E-state index < -0.39 is 0 Å². The second-order valence-electron chi connectivity index (χ2n) is 5.51. The Labute approximate surface area is 168 Å². The smallest absolute Gasteiger partial charge is 0.266 e. The number of carbonyl (C=O) groups is 2. The van der Waals surface area contributed by atoms with Gasteiger partial charge in [0.1, 0.15) is 10.1 Å². The van der Waals surface area contributed by atoms with Gasteiger partial charge in [-0.05, 0) is 30.7 Å². The molecule has 134 valence electrons.